The number of methoxy groups -OCH3 is 1. The van der Waals surface area contributed by atoms with Gasteiger partial charge in [-0.05, 0) is 24.8 Å². The molecule has 1 saturated carbocycles. The van der Waals surface area contributed by atoms with Crippen LogP contribution in [0.4, 0.5) is 0 Å². The van der Waals surface area contributed by atoms with Crippen molar-refractivity contribution in [1.29, 1.82) is 0 Å². The third-order valence-electron chi connectivity index (χ3n) is 3.33. The van der Waals surface area contributed by atoms with Gasteiger partial charge in [0, 0.05) is 20.5 Å². The van der Waals surface area contributed by atoms with Gasteiger partial charge in [-0.2, -0.15) is 0 Å². The number of aliphatic carboxylic acids is 1. The highest BCUT2D eigenvalue weighted by atomic mass is 16.5. The molecule has 0 saturated heterocycles. The van der Waals surface area contributed by atoms with Crippen LogP contribution < -0.4 is 0 Å². The predicted molar refractivity (Wildman–Crippen MR) is 72.9 cm³/mol. The molecule has 1 aromatic rings. The van der Waals surface area contributed by atoms with Gasteiger partial charge in [-0.25, -0.2) is 0 Å². The van der Waals surface area contributed by atoms with E-state index in [4.69, 9.17) is 14.6 Å². The lowest BCUT2D eigenvalue weighted by Gasteiger charge is -2.36. The molecule has 4 heteroatoms. The maximum atomic E-state index is 10.6. The quantitative estimate of drug-likeness (QED) is 0.863. The molecule has 0 spiro atoms. The van der Waals surface area contributed by atoms with Crippen LogP contribution in [0.1, 0.15) is 38.2 Å². The van der Waals surface area contributed by atoms with Crippen LogP contribution in [0.25, 0.3) is 0 Å². The molecule has 1 aliphatic rings. The molecule has 0 aliphatic heterocycles. The number of rotatable bonds is 2. The maximum Gasteiger partial charge on any atom is 0.300 e. The van der Waals surface area contributed by atoms with E-state index in [9.17, 15) is 5.11 Å². The highest BCUT2D eigenvalue weighted by Crippen LogP contribution is 2.37. The Balaban J connectivity index is 0.000000399. The van der Waals surface area contributed by atoms with Crippen molar-refractivity contribution in [2.45, 2.75) is 44.3 Å². The first kappa shape index (κ1) is 15.7. The molecule has 0 aromatic heterocycles. The second-order valence-corrected chi connectivity index (χ2v) is 4.87. The van der Waals surface area contributed by atoms with Crippen molar-refractivity contribution in [1.82, 2.24) is 0 Å². The number of benzene rings is 1. The summed E-state index contributed by atoms with van der Waals surface area (Å²) in [6.45, 7) is 1.08. The number of carbonyl (C=O) groups is 1. The fraction of sp³-hybridized carbons (Fsp3) is 0.533. The van der Waals surface area contributed by atoms with Gasteiger partial charge in [-0.15, -0.1) is 0 Å². The van der Waals surface area contributed by atoms with Gasteiger partial charge >= 0.3 is 0 Å². The first-order valence-electron chi connectivity index (χ1n) is 6.48. The Hall–Kier alpha value is -1.39. The molecule has 2 atom stereocenters. The molecule has 2 rings (SSSR count). The molecule has 1 fully saturated rings. The van der Waals surface area contributed by atoms with Crippen molar-refractivity contribution in [2.75, 3.05) is 7.11 Å². The first-order chi connectivity index (χ1) is 8.98. The summed E-state index contributed by atoms with van der Waals surface area (Å²) in [5.41, 5.74) is 0.340. The summed E-state index contributed by atoms with van der Waals surface area (Å²) in [6.07, 6.45) is 3.85. The average molecular weight is 266 g/mol. The summed E-state index contributed by atoms with van der Waals surface area (Å²) < 4.78 is 5.35. The van der Waals surface area contributed by atoms with E-state index in [-0.39, 0.29) is 6.10 Å². The molecular formula is C15H22O4. The summed E-state index contributed by atoms with van der Waals surface area (Å²) >= 11 is 0. The van der Waals surface area contributed by atoms with Crippen LogP contribution in [-0.2, 0) is 15.1 Å². The molecule has 106 valence electrons. The lowest BCUT2D eigenvalue weighted by Crippen LogP contribution is -2.35. The Morgan fingerprint density at radius 2 is 1.95 bits per heavy atom. The van der Waals surface area contributed by atoms with Gasteiger partial charge in [0.25, 0.3) is 5.97 Å². The van der Waals surface area contributed by atoms with Gasteiger partial charge in [0.1, 0.15) is 0 Å². The van der Waals surface area contributed by atoms with E-state index >= 15 is 0 Å². The van der Waals surface area contributed by atoms with Crippen LogP contribution >= 0.6 is 0 Å². The molecule has 1 aliphatic carbocycles. The Morgan fingerprint density at radius 3 is 2.47 bits per heavy atom. The third kappa shape index (κ3) is 5.01. The molecule has 2 unspecified atom stereocenters. The highest BCUT2D eigenvalue weighted by Gasteiger charge is 2.35. The van der Waals surface area contributed by atoms with Crippen LogP contribution in [0.2, 0.25) is 0 Å². The van der Waals surface area contributed by atoms with Crippen molar-refractivity contribution in [2.24, 2.45) is 0 Å². The van der Waals surface area contributed by atoms with E-state index < -0.39 is 11.6 Å². The summed E-state index contributed by atoms with van der Waals surface area (Å²) in [7, 11) is 1.72. The van der Waals surface area contributed by atoms with Crippen LogP contribution in [-0.4, -0.2) is 29.4 Å². The topological polar surface area (TPSA) is 66.8 Å². The SMILES string of the molecule is CC(=O)O.COC1CCCC(O)(c2ccccc2)C1. The number of hydrogen-bond acceptors (Lipinski definition) is 3. The number of carboxylic acids is 1. The molecular weight excluding hydrogens is 244 g/mol. The van der Waals surface area contributed by atoms with Crippen LogP contribution in [0, 0.1) is 0 Å². The predicted octanol–water partition coefficient (Wildman–Crippen LogP) is 2.55. The maximum absolute atomic E-state index is 10.6. The van der Waals surface area contributed by atoms with Gasteiger partial charge < -0.3 is 14.9 Å². The van der Waals surface area contributed by atoms with Gasteiger partial charge in [-0.1, -0.05) is 30.3 Å². The Kier molecular flexibility index (Phi) is 5.99. The zero-order valence-corrected chi connectivity index (χ0v) is 11.5. The molecule has 0 amide bonds. The minimum atomic E-state index is -0.833. The van der Waals surface area contributed by atoms with Crippen LogP contribution in [0.5, 0.6) is 0 Å². The number of carboxylic acid groups (broad SMARTS) is 1. The van der Waals surface area contributed by atoms with Crippen molar-refractivity contribution < 1.29 is 19.7 Å². The Bertz CT molecular complexity index is 386. The van der Waals surface area contributed by atoms with E-state index in [1.54, 1.807) is 7.11 Å². The molecule has 0 bridgehead atoms. The lowest BCUT2D eigenvalue weighted by molar-refractivity contribution is -0.134. The Morgan fingerprint density at radius 1 is 1.37 bits per heavy atom. The normalized spacial score (nSPS) is 26.2. The van der Waals surface area contributed by atoms with E-state index in [2.05, 4.69) is 0 Å². The Labute approximate surface area is 114 Å². The summed E-state index contributed by atoms with van der Waals surface area (Å²) in [5.74, 6) is -0.833. The van der Waals surface area contributed by atoms with E-state index in [0.29, 0.717) is 6.42 Å². The molecule has 2 N–H and O–H groups in total. The monoisotopic (exact) mass is 266 g/mol. The third-order valence-corrected chi connectivity index (χ3v) is 3.33. The van der Waals surface area contributed by atoms with Crippen molar-refractivity contribution in [3.8, 4) is 0 Å². The van der Waals surface area contributed by atoms with Crippen LogP contribution in [0.15, 0.2) is 30.3 Å². The van der Waals surface area contributed by atoms with Gasteiger partial charge in [0.2, 0.25) is 0 Å². The zero-order valence-electron chi connectivity index (χ0n) is 11.5. The summed E-state index contributed by atoms with van der Waals surface area (Å²) in [6, 6.07) is 9.92. The van der Waals surface area contributed by atoms with Crippen LogP contribution in [0.3, 0.4) is 0 Å². The highest BCUT2D eigenvalue weighted by molar-refractivity contribution is 5.62. The fourth-order valence-electron chi connectivity index (χ4n) is 2.41. The average Bonchev–Trinajstić information content (AvgIpc) is 2.39. The number of aliphatic hydroxyl groups is 1. The van der Waals surface area contributed by atoms with Crippen molar-refractivity contribution in [3.05, 3.63) is 35.9 Å². The van der Waals surface area contributed by atoms with Crippen molar-refractivity contribution in [3.63, 3.8) is 0 Å². The number of hydrogen-bond donors (Lipinski definition) is 2. The molecule has 1 aromatic carbocycles. The smallest absolute Gasteiger partial charge is 0.300 e. The van der Waals surface area contributed by atoms with Gasteiger partial charge in [0.05, 0.1) is 11.7 Å². The van der Waals surface area contributed by atoms with Gasteiger partial charge in [0.15, 0.2) is 0 Å². The molecule has 0 radical (unpaired) electrons. The van der Waals surface area contributed by atoms with E-state index in [0.717, 1.165) is 31.7 Å². The van der Waals surface area contributed by atoms with E-state index in [1.165, 1.54) is 0 Å². The zero-order chi connectivity index (χ0) is 14.3. The largest absolute Gasteiger partial charge is 0.481 e. The van der Waals surface area contributed by atoms with Crippen molar-refractivity contribution >= 4 is 5.97 Å². The molecule has 19 heavy (non-hydrogen) atoms. The molecule has 0 heterocycles. The molecule has 4 nitrogen and oxygen atoms in total. The minimum absolute atomic E-state index is 0.198. The van der Waals surface area contributed by atoms with E-state index in [1.807, 2.05) is 30.3 Å². The second-order valence-electron chi connectivity index (χ2n) is 4.87. The lowest BCUT2D eigenvalue weighted by atomic mass is 9.78. The first-order valence-corrected chi connectivity index (χ1v) is 6.48. The fourth-order valence-corrected chi connectivity index (χ4v) is 2.41. The standard InChI is InChI=1S/C13H18O2.C2H4O2/c1-15-12-8-5-9-13(14,10-12)11-6-3-2-4-7-11;1-2(3)4/h2-4,6-7,12,14H,5,8-10H2,1H3;1H3,(H,3,4). The summed E-state index contributed by atoms with van der Waals surface area (Å²) in [4.78, 5) is 9.00. The summed E-state index contributed by atoms with van der Waals surface area (Å²) in [5, 5.41) is 18.0. The minimum Gasteiger partial charge on any atom is -0.481 e. The van der Waals surface area contributed by atoms with Gasteiger partial charge in [-0.3, -0.25) is 4.79 Å². The number of ether oxygens (including phenoxy) is 1. The second kappa shape index (κ2) is 7.26.